The molecule has 1 aliphatic carbocycles. The molecule has 1 spiro atoms. The Labute approximate surface area is 154 Å². The van der Waals surface area contributed by atoms with Gasteiger partial charge in [0.05, 0.1) is 0 Å². The van der Waals surface area contributed by atoms with Gasteiger partial charge in [0.1, 0.15) is 0 Å². The van der Waals surface area contributed by atoms with E-state index in [4.69, 9.17) is 0 Å². The smallest absolute Gasteiger partial charge is 0.226 e. The maximum absolute atomic E-state index is 13.0. The van der Waals surface area contributed by atoms with Crippen molar-refractivity contribution >= 4 is 41.4 Å². The number of carbonyl (C=O) groups excluding carboxylic acids is 1. The second kappa shape index (κ2) is 8.24. The lowest BCUT2D eigenvalue weighted by atomic mass is 9.93. The van der Waals surface area contributed by atoms with E-state index < -0.39 is 0 Å². The molecule has 2 fully saturated rings. The summed E-state index contributed by atoms with van der Waals surface area (Å²) in [5.74, 6) is 1.38. The van der Waals surface area contributed by atoms with Crippen molar-refractivity contribution in [1.82, 2.24) is 10.2 Å². The Kier molecular flexibility index (Phi) is 6.84. The molecule has 1 saturated carbocycles. The van der Waals surface area contributed by atoms with Crippen LogP contribution in [0.5, 0.6) is 0 Å². The molecule has 2 aliphatic rings. The highest BCUT2D eigenvalue weighted by molar-refractivity contribution is 7.98. The molecule has 0 aromatic carbocycles. The minimum atomic E-state index is 0. The second-order valence-corrected chi connectivity index (χ2v) is 8.48. The van der Waals surface area contributed by atoms with Gasteiger partial charge < -0.3 is 10.2 Å². The molecular weight excluding hydrogens is 348 g/mol. The van der Waals surface area contributed by atoms with E-state index in [1.807, 2.05) is 0 Å². The third-order valence-corrected chi connectivity index (χ3v) is 6.74. The largest absolute Gasteiger partial charge is 0.335 e. The Bertz CT molecular complexity index is 503. The Morgan fingerprint density at radius 1 is 1.52 bits per heavy atom. The number of hydrogen-bond donors (Lipinski definition) is 1. The summed E-state index contributed by atoms with van der Waals surface area (Å²) in [6.45, 7) is 5.09. The first-order valence-corrected chi connectivity index (χ1v) is 10.5. The van der Waals surface area contributed by atoms with Gasteiger partial charge in [-0.1, -0.05) is 6.92 Å². The fraction of sp³-hybridized carbons (Fsp3) is 0.706. The van der Waals surface area contributed by atoms with E-state index in [2.05, 4.69) is 40.2 Å². The molecular formula is C17H27ClN2OS2. The molecule has 2 heterocycles. The molecule has 1 aromatic rings. The Morgan fingerprint density at radius 2 is 2.26 bits per heavy atom. The molecule has 23 heavy (non-hydrogen) atoms. The number of amides is 1. The van der Waals surface area contributed by atoms with Gasteiger partial charge in [0.25, 0.3) is 0 Å². The molecule has 1 aliphatic heterocycles. The van der Waals surface area contributed by atoms with Crippen LogP contribution in [-0.4, -0.2) is 41.9 Å². The van der Waals surface area contributed by atoms with Crippen molar-refractivity contribution < 1.29 is 4.79 Å². The van der Waals surface area contributed by atoms with Crippen molar-refractivity contribution in [2.24, 2.45) is 11.3 Å². The van der Waals surface area contributed by atoms with Gasteiger partial charge >= 0.3 is 0 Å². The first-order valence-electron chi connectivity index (χ1n) is 8.17. The average Bonchev–Trinajstić information content (AvgIpc) is 2.97. The molecule has 2 unspecified atom stereocenters. The van der Waals surface area contributed by atoms with Gasteiger partial charge in [-0.2, -0.15) is 23.1 Å². The predicted octanol–water partition coefficient (Wildman–Crippen LogP) is 3.64. The van der Waals surface area contributed by atoms with Crippen LogP contribution in [0.2, 0.25) is 0 Å². The lowest BCUT2D eigenvalue weighted by molar-refractivity contribution is -0.136. The van der Waals surface area contributed by atoms with Crippen LogP contribution >= 0.6 is 35.5 Å². The Hall–Kier alpha value is -0.230. The van der Waals surface area contributed by atoms with Gasteiger partial charge in [-0.3, -0.25) is 4.79 Å². The molecule has 130 valence electrons. The number of hydrogen-bond acceptors (Lipinski definition) is 4. The third kappa shape index (κ3) is 4.25. The summed E-state index contributed by atoms with van der Waals surface area (Å²) in [7, 11) is 0. The monoisotopic (exact) mass is 374 g/mol. The van der Waals surface area contributed by atoms with E-state index in [0.717, 1.165) is 25.4 Å². The van der Waals surface area contributed by atoms with Gasteiger partial charge in [-0.15, -0.1) is 12.4 Å². The highest BCUT2D eigenvalue weighted by atomic mass is 35.5. The van der Waals surface area contributed by atoms with Crippen molar-refractivity contribution in [3.05, 3.63) is 22.4 Å². The van der Waals surface area contributed by atoms with Crippen molar-refractivity contribution in [3.63, 3.8) is 0 Å². The standard InChI is InChI=1S/C17H26N2OS2.ClH/c1-13(11-21-2)16(20)19(10-14-3-8-22-12-14)15-9-17(15)4-6-18-7-5-17;/h3,8,12-13,15,18H,4-7,9-11H2,1-2H3;1H. The van der Waals surface area contributed by atoms with Crippen molar-refractivity contribution in [2.45, 2.75) is 38.8 Å². The van der Waals surface area contributed by atoms with Crippen LogP contribution in [0.15, 0.2) is 16.8 Å². The maximum Gasteiger partial charge on any atom is 0.226 e. The molecule has 6 heteroatoms. The van der Waals surface area contributed by atoms with E-state index in [9.17, 15) is 4.79 Å². The summed E-state index contributed by atoms with van der Waals surface area (Å²) in [4.78, 5) is 15.2. The number of nitrogens with one attached hydrogen (secondary N) is 1. The second-order valence-electron chi connectivity index (χ2n) is 6.79. The van der Waals surface area contributed by atoms with Crippen molar-refractivity contribution in [1.29, 1.82) is 0 Å². The summed E-state index contributed by atoms with van der Waals surface area (Å²) in [5, 5.41) is 7.74. The molecule has 0 radical (unpaired) electrons. The topological polar surface area (TPSA) is 32.3 Å². The average molecular weight is 375 g/mol. The first-order chi connectivity index (χ1) is 10.7. The summed E-state index contributed by atoms with van der Waals surface area (Å²) in [6.07, 6.45) is 5.74. The zero-order valence-electron chi connectivity index (χ0n) is 13.9. The number of thioether (sulfide) groups is 1. The van der Waals surface area contributed by atoms with E-state index in [-0.39, 0.29) is 18.3 Å². The molecule has 0 bridgehead atoms. The number of nitrogens with zero attached hydrogens (tertiary/aromatic N) is 1. The fourth-order valence-electron chi connectivity index (χ4n) is 3.75. The highest BCUT2D eigenvalue weighted by Gasteiger charge is 2.57. The van der Waals surface area contributed by atoms with Gasteiger partial charge in [-0.25, -0.2) is 0 Å². The SMILES string of the molecule is CSCC(C)C(=O)N(Cc1ccsc1)C1CC12CCNCC2.Cl. The van der Waals surface area contributed by atoms with Crippen LogP contribution in [0.25, 0.3) is 0 Å². The van der Waals surface area contributed by atoms with Gasteiger partial charge in [0, 0.05) is 24.3 Å². The fourth-order valence-corrected chi connectivity index (χ4v) is 5.06. The minimum Gasteiger partial charge on any atom is -0.335 e. The van der Waals surface area contributed by atoms with Crippen LogP contribution in [0.1, 0.15) is 31.7 Å². The van der Waals surface area contributed by atoms with Crippen LogP contribution in [0.3, 0.4) is 0 Å². The van der Waals surface area contributed by atoms with Crippen molar-refractivity contribution in [2.75, 3.05) is 25.1 Å². The van der Waals surface area contributed by atoms with Gasteiger partial charge in [0.15, 0.2) is 0 Å². The highest BCUT2D eigenvalue weighted by Crippen LogP contribution is 2.56. The molecule has 1 aromatic heterocycles. The van der Waals surface area contributed by atoms with E-state index >= 15 is 0 Å². The van der Waals surface area contributed by atoms with Crippen LogP contribution < -0.4 is 5.32 Å². The number of carbonyl (C=O) groups is 1. The quantitative estimate of drug-likeness (QED) is 0.825. The van der Waals surface area contributed by atoms with Crippen LogP contribution in [0.4, 0.5) is 0 Å². The summed E-state index contributed by atoms with van der Waals surface area (Å²) in [5.41, 5.74) is 1.70. The van der Waals surface area contributed by atoms with Crippen LogP contribution in [0, 0.1) is 11.3 Å². The first kappa shape index (κ1) is 19.1. The number of rotatable bonds is 6. The van der Waals surface area contributed by atoms with Gasteiger partial charge in [0.2, 0.25) is 5.91 Å². The van der Waals surface area contributed by atoms with Crippen LogP contribution in [-0.2, 0) is 11.3 Å². The molecule has 2 atom stereocenters. The lowest BCUT2D eigenvalue weighted by Gasteiger charge is -2.31. The number of thiophene rings is 1. The lowest BCUT2D eigenvalue weighted by Crippen LogP contribution is -2.41. The summed E-state index contributed by atoms with van der Waals surface area (Å²) in [6, 6.07) is 2.62. The predicted molar refractivity (Wildman–Crippen MR) is 103 cm³/mol. The minimum absolute atomic E-state index is 0. The maximum atomic E-state index is 13.0. The molecule has 1 N–H and O–H groups in total. The zero-order valence-corrected chi connectivity index (χ0v) is 16.4. The van der Waals surface area contributed by atoms with E-state index in [1.165, 1.54) is 24.8 Å². The van der Waals surface area contributed by atoms with Crippen molar-refractivity contribution in [3.8, 4) is 0 Å². The molecule has 3 rings (SSSR count). The van der Waals surface area contributed by atoms with E-state index in [0.29, 0.717) is 17.4 Å². The molecule has 3 nitrogen and oxygen atoms in total. The summed E-state index contributed by atoms with van der Waals surface area (Å²) >= 11 is 3.49. The summed E-state index contributed by atoms with van der Waals surface area (Å²) < 4.78 is 0. The third-order valence-electron chi connectivity index (χ3n) is 5.18. The zero-order chi connectivity index (χ0) is 15.6. The van der Waals surface area contributed by atoms with E-state index in [1.54, 1.807) is 23.1 Å². The molecule has 1 amide bonds. The number of piperidine rings is 1. The van der Waals surface area contributed by atoms with Gasteiger partial charge in [-0.05, 0) is 66.4 Å². The Balaban J connectivity index is 0.00000192. The molecule has 1 saturated heterocycles. The number of halogens is 1. The Morgan fingerprint density at radius 3 is 2.87 bits per heavy atom. The normalized spacial score (nSPS) is 23.1.